The van der Waals surface area contributed by atoms with Crippen LogP contribution < -0.4 is 206 Å². The van der Waals surface area contributed by atoms with Crippen molar-refractivity contribution >= 4 is 7.82 Å². The maximum atomic E-state index is 8.55. The molecule has 0 aromatic heterocycles. The van der Waals surface area contributed by atoms with Gasteiger partial charge in [0.15, 0.2) is 0 Å². The molecule has 0 aliphatic rings. The topological polar surface area (TPSA) is 86.2 Å². The van der Waals surface area contributed by atoms with Gasteiger partial charge in [-0.2, -0.15) is 7.82 Å². The molecule has 10 heavy (non-hydrogen) atoms. The van der Waals surface area contributed by atoms with Gasteiger partial charge in [0.05, 0.1) is 0 Å². The Kier molecular flexibility index (Phi) is 74.6. The molecular formula is K2Na3O4P+2. The molecule has 0 amide bonds. The standard InChI is InChI=1S/2K.3Na.H3O4P/c;;;;;1-5(2,3)4/h;;;;;(H3,1,2,3,4)/q5*+1;/p-3. The fraction of sp³-hybridized carbons (Fsp3) is 0. The van der Waals surface area contributed by atoms with Crippen LogP contribution >= 0.6 is 7.82 Å². The summed E-state index contributed by atoms with van der Waals surface area (Å²) in [5, 5.41) is 0. The van der Waals surface area contributed by atoms with Gasteiger partial charge in [-0.1, -0.05) is 0 Å². The monoisotopic (exact) mass is 242 g/mol. The molecule has 4 nitrogen and oxygen atoms in total. The van der Waals surface area contributed by atoms with E-state index in [2.05, 4.69) is 0 Å². The maximum absolute atomic E-state index is 8.55. The second-order valence-corrected chi connectivity index (χ2v) is 1.34. The van der Waals surface area contributed by atoms with E-state index in [0.29, 0.717) is 0 Å². The van der Waals surface area contributed by atoms with E-state index in [4.69, 9.17) is 19.2 Å². The van der Waals surface area contributed by atoms with Crippen LogP contribution in [0.25, 0.3) is 0 Å². The molecule has 0 atom stereocenters. The van der Waals surface area contributed by atoms with Crippen LogP contribution in [0, 0.1) is 0 Å². The average Bonchev–Trinajstić information content (AvgIpc) is 0.722. The van der Waals surface area contributed by atoms with Crippen LogP contribution in [-0.2, 0) is 4.57 Å². The quantitative estimate of drug-likeness (QED) is 0.312. The van der Waals surface area contributed by atoms with Crippen molar-refractivity contribution in [3.05, 3.63) is 0 Å². The van der Waals surface area contributed by atoms with Crippen molar-refractivity contribution in [3.63, 3.8) is 0 Å². The summed E-state index contributed by atoms with van der Waals surface area (Å²) in [6, 6.07) is 0. The van der Waals surface area contributed by atoms with E-state index in [1.54, 1.807) is 0 Å². The van der Waals surface area contributed by atoms with E-state index >= 15 is 0 Å². The van der Waals surface area contributed by atoms with Crippen molar-refractivity contribution in [2.75, 3.05) is 0 Å². The average molecular weight is 242 g/mol. The van der Waals surface area contributed by atoms with Crippen LogP contribution in [0.5, 0.6) is 0 Å². The van der Waals surface area contributed by atoms with Gasteiger partial charge in [-0.3, -0.25) is 0 Å². The van der Waals surface area contributed by atoms with Gasteiger partial charge in [0.25, 0.3) is 0 Å². The molecule has 0 rings (SSSR count). The van der Waals surface area contributed by atoms with Gasteiger partial charge in [0.1, 0.15) is 0 Å². The Bertz CT molecular complexity index is 64.6. The third-order valence-corrected chi connectivity index (χ3v) is 0. The minimum absolute atomic E-state index is 0. The Labute approximate surface area is 211 Å². The number of hydrogen-bond acceptors (Lipinski definition) is 4. The molecule has 0 spiro atoms. The molecule has 0 unspecified atom stereocenters. The maximum Gasteiger partial charge on any atom is 1.00 e. The van der Waals surface area contributed by atoms with Crippen LogP contribution in [0.2, 0.25) is 0 Å². The predicted molar refractivity (Wildman–Crippen MR) is 7.61 cm³/mol. The van der Waals surface area contributed by atoms with E-state index in [1.165, 1.54) is 0 Å². The molecule has 0 aromatic carbocycles. The first kappa shape index (κ1) is 36.0. The van der Waals surface area contributed by atoms with Crippen molar-refractivity contribution in [3.8, 4) is 0 Å². The SMILES string of the molecule is O=P([O-])([O-])[O-].[K+].[K+].[Na+].[Na+].[Na+]. The molecule has 0 fully saturated rings. The Morgan fingerprint density at radius 1 is 0.800 bits per heavy atom. The van der Waals surface area contributed by atoms with Crippen LogP contribution in [0.15, 0.2) is 0 Å². The van der Waals surface area contributed by atoms with Gasteiger partial charge in [-0.05, 0) is 0 Å². The third kappa shape index (κ3) is 63.2. The Hall–Kier alpha value is 6.38. The molecule has 0 radical (unpaired) electrons. The van der Waals surface area contributed by atoms with Gasteiger partial charge >= 0.3 is 191 Å². The minimum Gasteiger partial charge on any atom is -0.822 e. The smallest absolute Gasteiger partial charge is 0.822 e. The second kappa shape index (κ2) is 20.8. The Morgan fingerprint density at radius 2 is 0.800 bits per heavy atom. The van der Waals surface area contributed by atoms with E-state index in [9.17, 15) is 0 Å². The van der Waals surface area contributed by atoms with Gasteiger partial charge in [-0.25, -0.2) is 0 Å². The van der Waals surface area contributed by atoms with E-state index < -0.39 is 7.82 Å². The normalized spacial score (nSPS) is 5.90. The molecule has 0 aliphatic carbocycles. The summed E-state index contributed by atoms with van der Waals surface area (Å²) in [7, 11) is -5.39. The fourth-order valence-corrected chi connectivity index (χ4v) is 0. The largest absolute Gasteiger partial charge is 1.00 e. The first-order chi connectivity index (χ1) is 2.00. The molecule has 0 aliphatic heterocycles. The van der Waals surface area contributed by atoms with Gasteiger partial charge in [0.2, 0.25) is 0 Å². The molecule has 0 aromatic rings. The first-order valence-electron chi connectivity index (χ1n) is 0.730. The summed E-state index contributed by atoms with van der Waals surface area (Å²) in [6.45, 7) is 0. The minimum atomic E-state index is -5.39. The summed E-state index contributed by atoms with van der Waals surface area (Å²) in [6.07, 6.45) is 0. The first-order valence-corrected chi connectivity index (χ1v) is 2.19. The molecule has 0 saturated heterocycles. The van der Waals surface area contributed by atoms with Crippen LogP contribution in [0.4, 0.5) is 0 Å². The van der Waals surface area contributed by atoms with Crippen molar-refractivity contribution in [2.45, 2.75) is 0 Å². The Balaban J connectivity index is -0.00000000800. The van der Waals surface area contributed by atoms with Crippen LogP contribution in [0.1, 0.15) is 0 Å². The Morgan fingerprint density at radius 3 is 0.800 bits per heavy atom. The van der Waals surface area contributed by atoms with E-state index in [0.717, 1.165) is 0 Å². The molecule has 0 N–H and O–H groups in total. The molecule has 32 valence electrons. The summed E-state index contributed by atoms with van der Waals surface area (Å²) >= 11 is 0. The summed E-state index contributed by atoms with van der Waals surface area (Å²) in [5.74, 6) is 0. The van der Waals surface area contributed by atoms with Crippen molar-refractivity contribution < 1.29 is 211 Å². The fourth-order valence-electron chi connectivity index (χ4n) is 0. The molecule has 0 bridgehead atoms. The molecule has 10 heteroatoms. The van der Waals surface area contributed by atoms with E-state index in [-0.39, 0.29) is 191 Å². The summed E-state index contributed by atoms with van der Waals surface area (Å²) in [4.78, 5) is 25.6. The van der Waals surface area contributed by atoms with Crippen molar-refractivity contribution in [1.82, 2.24) is 0 Å². The van der Waals surface area contributed by atoms with Crippen molar-refractivity contribution in [1.29, 1.82) is 0 Å². The third-order valence-electron chi connectivity index (χ3n) is 0. The van der Waals surface area contributed by atoms with Crippen LogP contribution in [-0.4, -0.2) is 0 Å². The zero-order chi connectivity index (χ0) is 4.50. The molecule has 0 saturated carbocycles. The number of phosphoric acid groups is 1. The van der Waals surface area contributed by atoms with E-state index in [1.807, 2.05) is 0 Å². The van der Waals surface area contributed by atoms with Gasteiger partial charge in [-0.15, -0.1) is 0 Å². The second-order valence-electron chi connectivity index (χ2n) is 0.447. The van der Waals surface area contributed by atoms with Crippen molar-refractivity contribution in [2.24, 2.45) is 0 Å². The molecule has 0 heterocycles. The van der Waals surface area contributed by atoms with Crippen LogP contribution in [0.3, 0.4) is 0 Å². The number of hydrogen-bond donors (Lipinski definition) is 0. The molecular weight excluding hydrogens is 242 g/mol. The summed E-state index contributed by atoms with van der Waals surface area (Å²) in [5.41, 5.74) is 0. The number of rotatable bonds is 0. The zero-order valence-corrected chi connectivity index (χ0v) is 20.2. The van der Waals surface area contributed by atoms with Gasteiger partial charge < -0.3 is 19.2 Å². The van der Waals surface area contributed by atoms with Gasteiger partial charge in [0, 0.05) is 0 Å². The predicted octanol–water partition coefficient (Wildman–Crippen LogP) is -17.8. The summed E-state index contributed by atoms with van der Waals surface area (Å²) < 4.78 is 8.55. The zero-order valence-electron chi connectivity index (χ0n) is 7.08.